The van der Waals surface area contributed by atoms with Crippen molar-refractivity contribution in [1.29, 1.82) is 0 Å². The van der Waals surface area contributed by atoms with E-state index in [-0.39, 0.29) is 10.6 Å². The van der Waals surface area contributed by atoms with Gasteiger partial charge in [0, 0.05) is 31.7 Å². The zero-order valence-electron chi connectivity index (χ0n) is 10.2. The van der Waals surface area contributed by atoms with Crippen molar-refractivity contribution in [3.05, 3.63) is 33.9 Å². The topological polar surface area (TPSA) is 49.6 Å². The smallest absolute Gasteiger partial charge is 0.295 e. The maximum atomic E-state index is 11.1. The lowest BCUT2D eigenvalue weighted by Gasteiger charge is -2.33. The van der Waals surface area contributed by atoms with Gasteiger partial charge in [-0.25, -0.2) is 0 Å². The van der Waals surface area contributed by atoms with Crippen LogP contribution in [0, 0.1) is 17.0 Å². The molecule has 0 spiro atoms. The molecule has 5 nitrogen and oxygen atoms in total. The summed E-state index contributed by atoms with van der Waals surface area (Å²) in [5.74, 6) is 0. The first-order valence-electron chi connectivity index (χ1n) is 5.77. The molecule has 0 atom stereocenters. The Balaban J connectivity index is 2.32. The number of hydrogen-bond donors (Lipinski definition) is 0. The Morgan fingerprint density at radius 1 is 1.24 bits per heavy atom. The van der Waals surface area contributed by atoms with Gasteiger partial charge in [-0.1, -0.05) is 12.1 Å². The number of nitrogens with zero attached hydrogens (tertiary/aromatic N) is 3. The molecule has 2 rings (SSSR count). The summed E-state index contributed by atoms with van der Waals surface area (Å²) in [5.41, 5.74) is 1.73. The second-order valence-electron chi connectivity index (χ2n) is 4.49. The number of piperazine rings is 1. The van der Waals surface area contributed by atoms with Crippen molar-refractivity contribution in [2.45, 2.75) is 6.92 Å². The largest absolute Gasteiger partial charge is 0.363 e. The van der Waals surface area contributed by atoms with Crippen molar-refractivity contribution < 1.29 is 4.92 Å². The average molecular weight is 235 g/mol. The van der Waals surface area contributed by atoms with Crippen LogP contribution in [0.5, 0.6) is 0 Å². The van der Waals surface area contributed by atoms with Crippen molar-refractivity contribution in [3.8, 4) is 0 Å². The molecule has 0 saturated carbocycles. The fourth-order valence-corrected chi connectivity index (χ4v) is 2.18. The molecule has 0 aromatic heterocycles. The summed E-state index contributed by atoms with van der Waals surface area (Å²) < 4.78 is 0. The Labute approximate surface area is 101 Å². The fraction of sp³-hybridized carbons (Fsp3) is 0.500. The van der Waals surface area contributed by atoms with Crippen molar-refractivity contribution in [3.63, 3.8) is 0 Å². The van der Waals surface area contributed by atoms with Gasteiger partial charge in [0.25, 0.3) is 5.69 Å². The second-order valence-corrected chi connectivity index (χ2v) is 4.49. The van der Waals surface area contributed by atoms with Crippen molar-refractivity contribution in [1.82, 2.24) is 4.90 Å². The van der Waals surface area contributed by atoms with Crippen LogP contribution in [0.2, 0.25) is 0 Å². The van der Waals surface area contributed by atoms with E-state index < -0.39 is 0 Å². The molecular weight excluding hydrogens is 218 g/mol. The van der Waals surface area contributed by atoms with E-state index in [1.54, 1.807) is 13.0 Å². The number of hydrogen-bond acceptors (Lipinski definition) is 4. The van der Waals surface area contributed by atoms with E-state index in [0.29, 0.717) is 0 Å². The van der Waals surface area contributed by atoms with E-state index in [9.17, 15) is 10.1 Å². The van der Waals surface area contributed by atoms with Crippen LogP contribution < -0.4 is 4.90 Å². The predicted octanol–water partition coefficient (Wildman–Crippen LogP) is 1.66. The van der Waals surface area contributed by atoms with Crippen LogP contribution in [0.3, 0.4) is 0 Å². The summed E-state index contributed by atoms with van der Waals surface area (Å²) in [5, 5.41) is 11.1. The SMILES string of the molecule is Cc1cccc(N2CCN(C)CC2)c1[N+](=O)[O-]. The highest BCUT2D eigenvalue weighted by molar-refractivity contribution is 5.66. The van der Waals surface area contributed by atoms with Crippen LogP contribution in [-0.4, -0.2) is 43.0 Å². The number of nitro benzene ring substituents is 1. The molecule has 1 fully saturated rings. The van der Waals surface area contributed by atoms with E-state index in [2.05, 4.69) is 16.8 Å². The number of rotatable bonds is 2. The van der Waals surface area contributed by atoms with Crippen molar-refractivity contribution in [2.24, 2.45) is 0 Å². The molecule has 0 radical (unpaired) electrons. The fourth-order valence-electron chi connectivity index (χ4n) is 2.18. The van der Waals surface area contributed by atoms with Crippen molar-refractivity contribution >= 4 is 11.4 Å². The number of aryl methyl sites for hydroxylation is 1. The molecule has 1 saturated heterocycles. The third kappa shape index (κ3) is 2.39. The molecule has 92 valence electrons. The highest BCUT2D eigenvalue weighted by atomic mass is 16.6. The van der Waals surface area contributed by atoms with E-state index in [1.165, 1.54) is 0 Å². The molecule has 5 heteroatoms. The maximum absolute atomic E-state index is 11.1. The number of benzene rings is 1. The molecule has 0 N–H and O–H groups in total. The van der Waals surface area contributed by atoms with Gasteiger partial charge in [-0.2, -0.15) is 0 Å². The Morgan fingerprint density at radius 3 is 2.47 bits per heavy atom. The monoisotopic (exact) mass is 235 g/mol. The molecular formula is C12H17N3O2. The van der Waals surface area contributed by atoms with Crippen LogP contribution in [0.15, 0.2) is 18.2 Å². The van der Waals surface area contributed by atoms with Gasteiger partial charge in [0.05, 0.1) is 4.92 Å². The van der Waals surface area contributed by atoms with E-state index in [0.717, 1.165) is 37.4 Å². The summed E-state index contributed by atoms with van der Waals surface area (Å²) in [6.45, 7) is 5.38. The molecule has 1 aliphatic heterocycles. The predicted molar refractivity (Wildman–Crippen MR) is 67.5 cm³/mol. The van der Waals surface area contributed by atoms with Gasteiger partial charge in [0.15, 0.2) is 0 Å². The zero-order chi connectivity index (χ0) is 12.4. The van der Waals surface area contributed by atoms with E-state index in [1.807, 2.05) is 12.1 Å². The summed E-state index contributed by atoms with van der Waals surface area (Å²) in [6.07, 6.45) is 0. The molecule has 0 amide bonds. The molecule has 1 aromatic carbocycles. The number of anilines is 1. The lowest BCUT2D eigenvalue weighted by atomic mass is 10.1. The Bertz CT molecular complexity index is 426. The zero-order valence-corrected chi connectivity index (χ0v) is 10.2. The number of para-hydroxylation sites is 1. The minimum atomic E-state index is -0.275. The van der Waals surface area contributed by atoms with Gasteiger partial charge in [-0.05, 0) is 20.0 Å². The Hall–Kier alpha value is -1.62. The van der Waals surface area contributed by atoms with Gasteiger partial charge in [-0.3, -0.25) is 10.1 Å². The Morgan fingerprint density at radius 2 is 1.88 bits per heavy atom. The minimum absolute atomic E-state index is 0.247. The lowest BCUT2D eigenvalue weighted by Crippen LogP contribution is -2.44. The second kappa shape index (κ2) is 4.71. The average Bonchev–Trinajstić information content (AvgIpc) is 2.29. The third-order valence-electron chi connectivity index (χ3n) is 3.24. The van der Waals surface area contributed by atoms with E-state index >= 15 is 0 Å². The van der Waals surface area contributed by atoms with Crippen molar-refractivity contribution in [2.75, 3.05) is 38.1 Å². The summed E-state index contributed by atoms with van der Waals surface area (Å²) in [7, 11) is 2.07. The van der Waals surface area contributed by atoms with Gasteiger partial charge >= 0.3 is 0 Å². The molecule has 1 aliphatic rings. The highest BCUT2D eigenvalue weighted by Crippen LogP contribution is 2.31. The summed E-state index contributed by atoms with van der Waals surface area (Å²) in [6, 6.07) is 5.52. The van der Waals surface area contributed by atoms with Gasteiger partial charge in [-0.15, -0.1) is 0 Å². The molecule has 0 bridgehead atoms. The normalized spacial score (nSPS) is 17.2. The van der Waals surface area contributed by atoms with E-state index in [4.69, 9.17) is 0 Å². The molecule has 0 aliphatic carbocycles. The lowest BCUT2D eigenvalue weighted by molar-refractivity contribution is -0.384. The number of likely N-dealkylation sites (N-methyl/N-ethyl adjacent to an activating group) is 1. The van der Waals surface area contributed by atoms with Crippen LogP contribution in [-0.2, 0) is 0 Å². The maximum Gasteiger partial charge on any atom is 0.295 e. The van der Waals surface area contributed by atoms with Gasteiger partial charge in [0.2, 0.25) is 0 Å². The standard InChI is InChI=1S/C12H17N3O2/c1-10-4-3-5-11(12(10)15(16)17)14-8-6-13(2)7-9-14/h3-5H,6-9H2,1-2H3. The van der Waals surface area contributed by atoms with Gasteiger partial charge < -0.3 is 9.80 Å². The first-order valence-corrected chi connectivity index (χ1v) is 5.77. The first kappa shape index (κ1) is 11.9. The molecule has 17 heavy (non-hydrogen) atoms. The van der Waals surface area contributed by atoms with Crippen LogP contribution >= 0.6 is 0 Å². The van der Waals surface area contributed by atoms with Crippen LogP contribution in [0.4, 0.5) is 11.4 Å². The quantitative estimate of drug-likeness (QED) is 0.578. The van der Waals surface area contributed by atoms with Crippen LogP contribution in [0.1, 0.15) is 5.56 Å². The first-order chi connectivity index (χ1) is 8.09. The summed E-state index contributed by atoms with van der Waals surface area (Å²) in [4.78, 5) is 15.2. The minimum Gasteiger partial charge on any atom is -0.363 e. The third-order valence-corrected chi connectivity index (χ3v) is 3.24. The Kier molecular flexibility index (Phi) is 3.28. The molecule has 0 unspecified atom stereocenters. The van der Waals surface area contributed by atoms with Crippen LogP contribution in [0.25, 0.3) is 0 Å². The van der Waals surface area contributed by atoms with Gasteiger partial charge in [0.1, 0.15) is 5.69 Å². The summed E-state index contributed by atoms with van der Waals surface area (Å²) >= 11 is 0. The molecule has 1 heterocycles. The highest BCUT2D eigenvalue weighted by Gasteiger charge is 2.23. The number of nitro groups is 1. The molecule has 1 aromatic rings.